The molecule has 0 bridgehead atoms. The standard InChI is InChI=1S/C28H31N3O6/c1-31(2)22-19-10-14-8-17-16(13-6-4-3-5-7-13)9-15(12-29)23(32)21(17)25(34)20(14)26(35)28(19,37)11-18(24(22)33)27(30)36/h3-7,9,14,19,22,32-34,37H,8,10-12,29H2,1-2H3,(H2,30,36)/t14-,19-,22-,28-/m0/s1. The van der Waals surface area contributed by atoms with E-state index in [4.69, 9.17) is 11.5 Å². The van der Waals surface area contributed by atoms with Crippen molar-refractivity contribution in [3.8, 4) is 16.9 Å². The second-order valence-electron chi connectivity index (χ2n) is 10.4. The first-order valence-electron chi connectivity index (χ1n) is 12.2. The Labute approximate surface area is 214 Å². The zero-order valence-electron chi connectivity index (χ0n) is 20.7. The Morgan fingerprint density at radius 1 is 1.16 bits per heavy atom. The molecular weight excluding hydrogens is 474 g/mol. The minimum absolute atomic E-state index is 0.0115. The Morgan fingerprint density at radius 2 is 1.84 bits per heavy atom. The Balaban J connectivity index is 1.73. The molecule has 9 heteroatoms. The minimum Gasteiger partial charge on any atom is -0.510 e. The molecule has 5 rings (SSSR count). The Kier molecular flexibility index (Phi) is 5.90. The van der Waals surface area contributed by atoms with Gasteiger partial charge < -0.3 is 31.9 Å². The van der Waals surface area contributed by atoms with Crippen LogP contribution in [0.4, 0.5) is 0 Å². The summed E-state index contributed by atoms with van der Waals surface area (Å²) in [4.78, 5) is 27.7. The monoisotopic (exact) mass is 505 g/mol. The van der Waals surface area contributed by atoms with Crippen molar-refractivity contribution in [3.05, 3.63) is 70.0 Å². The number of aliphatic hydroxyl groups excluding tert-OH is 2. The molecule has 8 N–H and O–H groups in total. The van der Waals surface area contributed by atoms with Crippen LogP contribution in [0.1, 0.15) is 29.5 Å². The number of amides is 1. The molecule has 3 aliphatic rings. The first-order valence-corrected chi connectivity index (χ1v) is 12.2. The lowest BCUT2D eigenvalue weighted by Crippen LogP contribution is -2.62. The van der Waals surface area contributed by atoms with E-state index in [2.05, 4.69) is 0 Å². The van der Waals surface area contributed by atoms with Gasteiger partial charge >= 0.3 is 0 Å². The molecule has 0 aromatic heterocycles. The van der Waals surface area contributed by atoms with E-state index in [9.17, 15) is 30.0 Å². The van der Waals surface area contributed by atoms with Crippen LogP contribution < -0.4 is 11.5 Å². The van der Waals surface area contributed by atoms with Crippen molar-refractivity contribution in [2.24, 2.45) is 23.3 Å². The van der Waals surface area contributed by atoms with E-state index in [1.54, 1.807) is 25.1 Å². The molecule has 1 amide bonds. The lowest BCUT2D eigenvalue weighted by Gasteiger charge is -2.51. The Hall–Kier alpha value is -3.66. The zero-order valence-corrected chi connectivity index (χ0v) is 20.7. The number of hydrogen-bond acceptors (Lipinski definition) is 8. The number of fused-ring (bicyclic) bond motifs is 3. The van der Waals surface area contributed by atoms with E-state index in [0.29, 0.717) is 17.5 Å². The predicted octanol–water partition coefficient (Wildman–Crippen LogP) is 1.91. The van der Waals surface area contributed by atoms with E-state index in [-0.39, 0.29) is 41.2 Å². The third kappa shape index (κ3) is 3.57. The lowest BCUT2D eigenvalue weighted by atomic mass is 9.57. The number of likely N-dealkylation sites (N-methyl/N-ethyl adjacent to an activating group) is 1. The molecule has 0 spiro atoms. The fourth-order valence-electron chi connectivity index (χ4n) is 6.49. The van der Waals surface area contributed by atoms with Crippen LogP contribution in [0.15, 0.2) is 53.3 Å². The number of nitrogens with zero attached hydrogens (tertiary/aromatic N) is 1. The van der Waals surface area contributed by atoms with Crippen molar-refractivity contribution >= 4 is 17.4 Å². The molecule has 4 atom stereocenters. The van der Waals surface area contributed by atoms with Crippen molar-refractivity contribution in [1.82, 2.24) is 4.90 Å². The second-order valence-corrected chi connectivity index (χ2v) is 10.4. The lowest BCUT2D eigenvalue weighted by molar-refractivity contribution is -0.151. The number of nitrogens with two attached hydrogens (primary N) is 2. The van der Waals surface area contributed by atoms with Crippen molar-refractivity contribution in [1.29, 1.82) is 0 Å². The van der Waals surface area contributed by atoms with Crippen LogP contribution in [0.5, 0.6) is 5.75 Å². The van der Waals surface area contributed by atoms with Gasteiger partial charge in [0.25, 0.3) is 0 Å². The highest BCUT2D eigenvalue weighted by Gasteiger charge is 2.60. The maximum atomic E-state index is 14.0. The maximum absolute atomic E-state index is 14.0. The van der Waals surface area contributed by atoms with Gasteiger partial charge in [-0.2, -0.15) is 0 Å². The summed E-state index contributed by atoms with van der Waals surface area (Å²) in [5.74, 6) is -3.73. The van der Waals surface area contributed by atoms with Gasteiger partial charge in [0.2, 0.25) is 5.91 Å². The van der Waals surface area contributed by atoms with E-state index in [0.717, 1.165) is 11.1 Å². The Bertz CT molecular complexity index is 1380. The topological polar surface area (TPSA) is 170 Å². The smallest absolute Gasteiger partial charge is 0.248 e. The number of phenols is 1. The zero-order chi connectivity index (χ0) is 26.8. The normalized spacial score (nSPS) is 27.2. The minimum atomic E-state index is -2.06. The second kappa shape index (κ2) is 8.72. The molecule has 0 unspecified atom stereocenters. The predicted molar refractivity (Wildman–Crippen MR) is 137 cm³/mol. The molecule has 37 heavy (non-hydrogen) atoms. The molecule has 1 fully saturated rings. The molecule has 2 aromatic rings. The highest BCUT2D eigenvalue weighted by atomic mass is 16.3. The van der Waals surface area contributed by atoms with Crippen molar-refractivity contribution in [2.45, 2.75) is 37.5 Å². The molecule has 0 heterocycles. The average Bonchev–Trinajstić information content (AvgIpc) is 2.85. The molecule has 2 aromatic carbocycles. The fraction of sp³-hybridized carbons (Fsp3) is 0.357. The van der Waals surface area contributed by atoms with Gasteiger partial charge in [-0.1, -0.05) is 30.3 Å². The van der Waals surface area contributed by atoms with Crippen LogP contribution in [-0.4, -0.2) is 62.8 Å². The van der Waals surface area contributed by atoms with E-state index >= 15 is 0 Å². The largest absolute Gasteiger partial charge is 0.510 e. The number of carbonyl (C=O) groups is 2. The SMILES string of the molecule is CN(C)[C@@H]1C(O)=C(C(N)=O)C[C@@]2(O)C(=O)C3=C(O)c4c(O)c(CN)cc(-c5ccccc5)c4C[C@H]3C[C@@H]12. The van der Waals surface area contributed by atoms with Gasteiger partial charge in [0, 0.05) is 30.0 Å². The van der Waals surface area contributed by atoms with Gasteiger partial charge in [0.1, 0.15) is 22.9 Å². The molecule has 0 saturated heterocycles. The summed E-state index contributed by atoms with van der Waals surface area (Å²) in [5.41, 5.74) is 12.0. The number of hydrogen-bond donors (Lipinski definition) is 6. The van der Waals surface area contributed by atoms with Gasteiger partial charge in [-0.15, -0.1) is 0 Å². The number of carbonyl (C=O) groups excluding carboxylic acids is 2. The summed E-state index contributed by atoms with van der Waals surface area (Å²) in [6.07, 6.45) is 0.124. The van der Waals surface area contributed by atoms with Crippen LogP contribution in [-0.2, 0) is 22.6 Å². The molecule has 194 valence electrons. The number of benzene rings is 2. The van der Waals surface area contributed by atoms with Gasteiger partial charge in [0.05, 0.1) is 17.2 Å². The number of primary amides is 1. The average molecular weight is 506 g/mol. The number of aromatic hydroxyl groups is 1. The van der Waals surface area contributed by atoms with Crippen LogP contribution in [0.25, 0.3) is 16.9 Å². The van der Waals surface area contributed by atoms with Crippen molar-refractivity contribution in [3.63, 3.8) is 0 Å². The first-order chi connectivity index (χ1) is 17.5. The number of rotatable bonds is 4. The van der Waals surface area contributed by atoms with E-state index in [1.165, 1.54) is 0 Å². The number of Topliss-reactive ketones (excluding diaryl/α,β-unsaturated/α-hetero) is 1. The molecule has 1 saturated carbocycles. The highest BCUT2D eigenvalue weighted by Crippen LogP contribution is 2.54. The molecule has 0 radical (unpaired) electrons. The number of ketones is 1. The van der Waals surface area contributed by atoms with E-state index in [1.807, 2.05) is 30.3 Å². The third-order valence-corrected chi connectivity index (χ3v) is 8.20. The summed E-state index contributed by atoms with van der Waals surface area (Å²) in [5, 5.41) is 45.2. The van der Waals surface area contributed by atoms with E-state index < -0.39 is 47.3 Å². The Morgan fingerprint density at radius 3 is 2.43 bits per heavy atom. The van der Waals surface area contributed by atoms with Gasteiger partial charge in [-0.3, -0.25) is 14.5 Å². The summed E-state index contributed by atoms with van der Waals surface area (Å²) < 4.78 is 0. The van der Waals surface area contributed by atoms with Crippen LogP contribution >= 0.6 is 0 Å². The number of phenolic OH excluding ortho intramolecular Hbond substituents is 1. The van der Waals surface area contributed by atoms with Crippen LogP contribution in [0.3, 0.4) is 0 Å². The highest BCUT2D eigenvalue weighted by molar-refractivity contribution is 6.10. The van der Waals surface area contributed by atoms with Gasteiger partial charge in [-0.05, 0) is 55.6 Å². The number of aliphatic hydroxyl groups is 3. The van der Waals surface area contributed by atoms with Crippen molar-refractivity contribution in [2.75, 3.05) is 14.1 Å². The summed E-state index contributed by atoms with van der Waals surface area (Å²) in [6.45, 7) is 0.0154. The quantitative estimate of drug-likeness (QED) is 0.366. The molecule has 0 aliphatic heterocycles. The molecule has 9 nitrogen and oxygen atoms in total. The third-order valence-electron chi connectivity index (χ3n) is 8.20. The van der Waals surface area contributed by atoms with Gasteiger partial charge in [0.15, 0.2) is 5.78 Å². The summed E-state index contributed by atoms with van der Waals surface area (Å²) >= 11 is 0. The van der Waals surface area contributed by atoms with Gasteiger partial charge in [-0.25, -0.2) is 0 Å². The summed E-state index contributed by atoms with van der Waals surface area (Å²) in [7, 11) is 3.38. The van der Waals surface area contributed by atoms with Crippen LogP contribution in [0.2, 0.25) is 0 Å². The molecule has 3 aliphatic carbocycles. The van der Waals surface area contributed by atoms with Crippen molar-refractivity contribution < 1.29 is 30.0 Å². The summed E-state index contributed by atoms with van der Waals surface area (Å²) in [6, 6.07) is 10.5. The maximum Gasteiger partial charge on any atom is 0.248 e. The molecular formula is C28H31N3O6. The van der Waals surface area contributed by atoms with Crippen LogP contribution in [0, 0.1) is 11.8 Å². The fourth-order valence-corrected chi connectivity index (χ4v) is 6.49. The first kappa shape index (κ1) is 25.0.